The van der Waals surface area contributed by atoms with Crippen molar-refractivity contribution in [3.63, 3.8) is 0 Å². The Morgan fingerprint density at radius 2 is 0.638 bits per heavy atom. The maximum atomic E-state index is 13.3. The molecule has 8 heteroatoms. The highest BCUT2D eigenvalue weighted by Crippen LogP contribution is 2.35. The molecule has 6 aromatic carbocycles. The van der Waals surface area contributed by atoms with Crippen LogP contribution in [-0.2, 0) is 15.3 Å². The van der Waals surface area contributed by atoms with Gasteiger partial charge in [0.2, 0.25) is 9.84 Å². The summed E-state index contributed by atoms with van der Waals surface area (Å²) in [6.07, 6.45) is 0. The van der Waals surface area contributed by atoms with Crippen LogP contribution in [0.1, 0.15) is 25.0 Å². The van der Waals surface area contributed by atoms with Crippen LogP contribution in [-0.4, -0.2) is 8.42 Å². The number of rotatable bonds is 10. The number of anilines is 2. The molecule has 0 heterocycles. The number of nitrogens with two attached hydrogens (primary N) is 2. The van der Waals surface area contributed by atoms with Gasteiger partial charge in [0.25, 0.3) is 0 Å². The second kappa shape index (κ2) is 12.9. The van der Waals surface area contributed by atoms with Crippen LogP contribution >= 0.6 is 0 Å². The molecule has 0 unspecified atom stereocenters. The Morgan fingerprint density at radius 3 is 0.915 bits per heavy atom. The lowest BCUT2D eigenvalue weighted by atomic mass is 9.78. The van der Waals surface area contributed by atoms with E-state index in [0.29, 0.717) is 34.4 Å². The minimum atomic E-state index is -3.73. The molecule has 0 aliphatic rings. The lowest BCUT2D eigenvalue weighted by Gasteiger charge is -2.26. The van der Waals surface area contributed by atoms with E-state index in [1.807, 2.05) is 60.7 Å². The summed E-state index contributed by atoms with van der Waals surface area (Å²) >= 11 is 0. The Labute approximate surface area is 274 Å². The van der Waals surface area contributed by atoms with Crippen LogP contribution in [0.25, 0.3) is 0 Å². The zero-order valence-electron chi connectivity index (χ0n) is 26.0. The molecule has 0 atom stereocenters. The fourth-order valence-electron chi connectivity index (χ4n) is 5.04. The van der Waals surface area contributed by atoms with Gasteiger partial charge in [-0.05, 0) is 132 Å². The fraction of sp³-hybridized carbons (Fsp3) is 0.0769. The van der Waals surface area contributed by atoms with Gasteiger partial charge in [-0.25, -0.2) is 8.42 Å². The minimum absolute atomic E-state index is 0.165. The summed E-state index contributed by atoms with van der Waals surface area (Å²) in [5.41, 5.74) is 14.8. The van der Waals surface area contributed by atoms with Crippen LogP contribution in [0.2, 0.25) is 0 Å². The molecule has 0 spiro atoms. The molecule has 6 aromatic rings. The molecule has 0 aliphatic heterocycles. The highest BCUT2D eigenvalue weighted by molar-refractivity contribution is 7.91. The third-order valence-corrected chi connectivity index (χ3v) is 9.67. The third kappa shape index (κ3) is 7.24. The van der Waals surface area contributed by atoms with Crippen molar-refractivity contribution >= 4 is 21.2 Å². The van der Waals surface area contributed by atoms with Gasteiger partial charge >= 0.3 is 0 Å². The quantitative estimate of drug-likeness (QED) is 0.143. The first-order valence-corrected chi connectivity index (χ1v) is 16.5. The summed E-state index contributed by atoms with van der Waals surface area (Å²) in [7, 11) is -3.73. The monoisotopic (exact) mass is 642 g/mol. The number of hydrogen-bond donors (Lipinski definition) is 2. The average molecular weight is 643 g/mol. The normalized spacial score (nSPS) is 11.5. The van der Waals surface area contributed by atoms with Crippen LogP contribution in [0, 0.1) is 0 Å². The Hall–Kier alpha value is -5.73. The van der Waals surface area contributed by atoms with Crippen LogP contribution in [0.15, 0.2) is 155 Å². The maximum absolute atomic E-state index is 13.3. The first-order chi connectivity index (χ1) is 22.6. The molecule has 4 N–H and O–H groups in total. The summed E-state index contributed by atoms with van der Waals surface area (Å²) in [5.74, 6) is 3.77. The molecule has 0 saturated heterocycles. The molecule has 236 valence electrons. The third-order valence-electron chi connectivity index (χ3n) is 7.89. The SMILES string of the molecule is CC(C)(c1ccc(Oc2ccc(N)cc2)cc1)c1ccc(Oc2ccc(S(=O)(=O)c3ccc(Oc4ccc(N)cc4)cc3)cc2)cc1. The molecular weight excluding hydrogens is 609 g/mol. The van der Waals surface area contributed by atoms with E-state index in [-0.39, 0.29) is 15.2 Å². The molecule has 0 saturated carbocycles. The van der Waals surface area contributed by atoms with E-state index in [2.05, 4.69) is 26.0 Å². The van der Waals surface area contributed by atoms with Crippen LogP contribution in [0.5, 0.6) is 34.5 Å². The van der Waals surface area contributed by atoms with Crippen LogP contribution < -0.4 is 25.7 Å². The Bertz CT molecular complexity index is 2060. The van der Waals surface area contributed by atoms with E-state index in [0.717, 1.165) is 22.6 Å². The van der Waals surface area contributed by atoms with Crippen molar-refractivity contribution in [2.45, 2.75) is 29.1 Å². The number of hydrogen-bond acceptors (Lipinski definition) is 7. The Balaban J connectivity index is 1.08. The lowest BCUT2D eigenvalue weighted by Crippen LogP contribution is -2.18. The Morgan fingerprint density at radius 1 is 0.404 bits per heavy atom. The standard InChI is InChI=1S/C39H34N2O5S/c1-39(2,27-3-11-31(12-4-27)44-33-15-7-29(40)8-16-33)28-5-13-32(14-6-28)45-35-19-23-37(24-20-35)47(42,43)38-25-21-36(22-26-38)46-34-17-9-30(41)10-18-34/h3-26H,40-41H2,1-2H3. The summed E-state index contributed by atoms with van der Waals surface area (Å²) in [5, 5.41) is 0. The molecule has 0 bridgehead atoms. The van der Waals surface area contributed by atoms with Crippen molar-refractivity contribution in [3.05, 3.63) is 157 Å². The van der Waals surface area contributed by atoms with Crippen molar-refractivity contribution in [3.8, 4) is 34.5 Å². The van der Waals surface area contributed by atoms with Gasteiger partial charge in [0.1, 0.15) is 34.5 Å². The molecule has 7 nitrogen and oxygen atoms in total. The van der Waals surface area contributed by atoms with Crippen LogP contribution in [0.4, 0.5) is 11.4 Å². The average Bonchev–Trinajstić information content (AvgIpc) is 3.08. The predicted molar refractivity (Wildman–Crippen MR) is 185 cm³/mol. The van der Waals surface area contributed by atoms with E-state index in [4.69, 9.17) is 25.7 Å². The highest BCUT2D eigenvalue weighted by atomic mass is 32.2. The zero-order valence-corrected chi connectivity index (χ0v) is 26.8. The topological polar surface area (TPSA) is 114 Å². The molecule has 47 heavy (non-hydrogen) atoms. The predicted octanol–water partition coefficient (Wildman–Crippen LogP) is 9.39. The van der Waals surface area contributed by atoms with Gasteiger partial charge < -0.3 is 25.7 Å². The van der Waals surface area contributed by atoms with Crippen molar-refractivity contribution < 1.29 is 22.6 Å². The van der Waals surface area contributed by atoms with Gasteiger partial charge in [-0.15, -0.1) is 0 Å². The molecule has 0 radical (unpaired) electrons. The first-order valence-electron chi connectivity index (χ1n) is 15.0. The molecular formula is C39H34N2O5S. The van der Waals surface area contributed by atoms with Gasteiger partial charge in [0.05, 0.1) is 9.79 Å². The fourth-order valence-corrected chi connectivity index (χ4v) is 6.30. The second-order valence-corrected chi connectivity index (χ2v) is 13.5. The van der Waals surface area contributed by atoms with Gasteiger partial charge in [-0.3, -0.25) is 0 Å². The van der Waals surface area contributed by atoms with Crippen LogP contribution in [0.3, 0.4) is 0 Å². The molecule has 0 fully saturated rings. The zero-order chi connectivity index (χ0) is 33.0. The smallest absolute Gasteiger partial charge is 0.206 e. The number of benzene rings is 6. The molecule has 0 aliphatic carbocycles. The van der Waals surface area contributed by atoms with Crippen molar-refractivity contribution in [1.29, 1.82) is 0 Å². The second-order valence-electron chi connectivity index (χ2n) is 11.6. The summed E-state index contributed by atoms with van der Waals surface area (Å²) in [4.78, 5) is 0.331. The van der Waals surface area contributed by atoms with Gasteiger partial charge in [0.15, 0.2) is 0 Å². The summed E-state index contributed by atoms with van der Waals surface area (Å²) in [6, 6.07) is 42.9. The van der Waals surface area contributed by atoms with Gasteiger partial charge in [-0.2, -0.15) is 0 Å². The first kappa shape index (κ1) is 31.3. The number of ether oxygens (including phenoxy) is 3. The number of sulfone groups is 1. The molecule has 6 rings (SSSR count). The highest BCUT2D eigenvalue weighted by Gasteiger charge is 2.23. The van der Waals surface area contributed by atoms with E-state index in [1.165, 1.54) is 12.1 Å². The minimum Gasteiger partial charge on any atom is -0.457 e. The van der Waals surface area contributed by atoms with E-state index < -0.39 is 9.84 Å². The van der Waals surface area contributed by atoms with Gasteiger partial charge in [0, 0.05) is 16.8 Å². The van der Waals surface area contributed by atoms with Crippen molar-refractivity contribution in [2.75, 3.05) is 11.5 Å². The van der Waals surface area contributed by atoms with Gasteiger partial charge in [-0.1, -0.05) is 38.1 Å². The summed E-state index contributed by atoms with van der Waals surface area (Å²) in [6.45, 7) is 4.33. The summed E-state index contributed by atoms with van der Waals surface area (Å²) < 4.78 is 44.3. The number of nitrogen functional groups attached to an aromatic ring is 2. The van der Waals surface area contributed by atoms with E-state index >= 15 is 0 Å². The van der Waals surface area contributed by atoms with Crippen molar-refractivity contribution in [2.24, 2.45) is 0 Å². The Kier molecular flexibility index (Phi) is 8.61. The molecule has 0 amide bonds. The van der Waals surface area contributed by atoms with Crippen molar-refractivity contribution in [1.82, 2.24) is 0 Å². The lowest BCUT2D eigenvalue weighted by molar-refractivity contribution is 0.481. The molecule has 0 aromatic heterocycles. The maximum Gasteiger partial charge on any atom is 0.206 e. The largest absolute Gasteiger partial charge is 0.457 e. The van der Waals surface area contributed by atoms with E-state index in [9.17, 15) is 8.42 Å². The van der Waals surface area contributed by atoms with E-state index in [1.54, 1.807) is 60.7 Å².